The van der Waals surface area contributed by atoms with E-state index in [-0.39, 0.29) is 18.1 Å². The molecule has 28 heavy (non-hydrogen) atoms. The summed E-state index contributed by atoms with van der Waals surface area (Å²) in [5, 5.41) is 13.3. The molecule has 154 valence electrons. The maximum absolute atomic E-state index is 12.5. The number of allylic oxidation sites excluding steroid dienone is 1. The van der Waals surface area contributed by atoms with E-state index in [0.717, 1.165) is 35.5 Å². The molecule has 0 spiro atoms. The first-order chi connectivity index (χ1) is 13.3. The van der Waals surface area contributed by atoms with Crippen LogP contribution in [0, 0.1) is 18.8 Å². The molecular weight excluding hydrogens is 374 g/mol. The van der Waals surface area contributed by atoms with Crippen molar-refractivity contribution in [2.24, 2.45) is 11.8 Å². The standard InChI is InChI=1S/C22H31NO4S/c1-14-9-7-5-6-8-10-20(15(2)11-18-13-28-17(4)23-18)27-21(25)12-19(24)16(3)22(14)26/h6,8,11,13-14,16,19-20,24H,5,7,9-10,12H2,1-4H3/b8-6-,15-11+/t14-,16+,19-,20-/m0/s1. The molecule has 0 amide bonds. The zero-order valence-corrected chi connectivity index (χ0v) is 18.0. The van der Waals surface area contributed by atoms with Gasteiger partial charge in [0.15, 0.2) is 0 Å². The number of aryl methyl sites for hydroxylation is 1. The molecule has 5 nitrogen and oxygen atoms in total. The number of ketones is 1. The molecule has 1 aliphatic heterocycles. The summed E-state index contributed by atoms with van der Waals surface area (Å²) in [7, 11) is 0. The number of nitrogens with zero attached hydrogens (tertiary/aromatic N) is 1. The molecule has 0 radical (unpaired) electrons. The Kier molecular flexibility index (Phi) is 8.58. The first-order valence-corrected chi connectivity index (χ1v) is 10.8. The van der Waals surface area contributed by atoms with Crippen molar-refractivity contribution in [3.8, 4) is 0 Å². The Hall–Kier alpha value is -1.79. The fraction of sp³-hybridized carbons (Fsp3) is 0.591. The van der Waals surface area contributed by atoms with E-state index in [1.807, 2.05) is 38.3 Å². The smallest absolute Gasteiger partial charge is 0.309 e. The quantitative estimate of drug-likeness (QED) is 0.579. The minimum absolute atomic E-state index is 0.00728. The minimum atomic E-state index is -1.02. The van der Waals surface area contributed by atoms with E-state index in [9.17, 15) is 14.7 Å². The third kappa shape index (κ3) is 6.67. The Balaban J connectivity index is 2.17. The van der Waals surface area contributed by atoms with Crippen LogP contribution in [0.4, 0.5) is 0 Å². The van der Waals surface area contributed by atoms with Gasteiger partial charge in [-0.2, -0.15) is 0 Å². The predicted molar refractivity (Wildman–Crippen MR) is 112 cm³/mol. The molecule has 6 heteroatoms. The molecule has 1 N–H and O–H groups in total. The van der Waals surface area contributed by atoms with E-state index in [1.165, 1.54) is 0 Å². The van der Waals surface area contributed by atoms with Crippen LogP contribution in [-0.2, 0) is 14.3 Å². The van der Waals surface area contributed by atoms with Crippen molar-refractivity contribution < 1.29 is 19.4 Å². The number of cyclic esters (lactones) is 1. The van der Waals surface area contributed by atoms with Gasteiger partial charge in [0, 0.05) is 23.6 Å². The molecule has 0 aromatic carbocycles. The lowest BCUT2D eigenvalue weighted by atomic mass is 9.87. The highest BCUT2D eigenvalue weighted by Crippen LogP contribution is 2.22. The number of aromatic nitrogens is 1. The average Bonchev–Trinajstić information content (AvgIpc) is 3.05. The van der Waals surface area contributed by atoms with Gasteiger partial charge < -0.3 is 9.84 Å². The number of Topliss-reactive ketones (excluding diaryl/α,β-unsaturated/α-hetero) is 1. The summed E-state index contributed by atoms with van der Waals surface area (Å²) >= 11 is 1.57. The topological polar surface area (TPSA) is 76.5 Å². The minimum Gasteiger partial charge on any atom is -0.457 e. The molecule has 0 saturated heterocycles. The van der Waals surface area contributed by atoms with E-state index in [2.05, 4.69) is 11.1 Å². The second-order valence-electron chi connectivity index (χ2n) is 7.66. The second kappa shape index (κ2) is 10.7. The molecule has 0 unspecified atom stereocenters. The molecule has 1 aliphatic rings. The van der Waals surface area contributed by atoms with Gasteiger partial charge in [-0.05, 0) is 44.8 Å². The molecule has 0 saturated carbocycles. The number of esters is 1. The van der Waals surface area contributed by atoms with Gasteiger partial charge in [0.25, 0.3) is 0 Å². The summed E-state index contributed by atoms with van der Waals surface area (Å²) in [4.78, 5) is 29.3. The molecule has 1 aromatic rings. The Morgan fingerprint density at radius 1 is 1.32 bits per heavy atom. The van der Waals surface area contributed by atoms with Crippen LogP contribution in [0.25, 0.3) is 6.08 Å². The fourth-order valence-electron chi connectivity index (χ4n) is 3.31. The molecule has 4 atom stereocenters. The first-order valence-electron chi connectivity index (χ1n) is 9.94. The maximum atomic E-state index is 12.5. The zero-order chi connectivity index (χ0) is 20.7. The van der Waals surface area contributed by atoms with Crippen LogP contribution >= 0.6 is 11.3 Å². The van der Waals surface area contributed by atoms with E-state index in [1.54, 1.807) is 18.3 Å². The molecule has 0 bridgehead atoms. The summed E-state index contributed by atoms with van der Waals surface area (Å²) < 4.78 is 5.66. The Morgan fingerprint density at radius 2 is 2.07 bits per heavy atom. The van der Waals surface area contributed by atoms with Gasteiger partial charge in [0.2, 0.25) is 0 Å². The number of carbonyl (C=O) groups excluding carboxylic acids is 2. The van der Waals surface area contributed by atoms with E-state index < -0.39 is 24.1 Å². The number of carbonyl (C=O) groups is 2. The van der Waals surface area contributed by atoms with Gasteiger partial charge in [-0.3, -0.25) is 9.59 Å². The van der Waals surface area contributed by atoms with Crippen LogP contribution in [0.2, 0.25) is 0 Å². The number of aliphatic hydroxyl groups excluding tert-OH is 1. The largest absolute Gasteiger partial charge is 0.457 e. The molecule has 0 fully saturated rings. The molecular formula is C22H31NO4S. The lowest BCUT2D eigenvalue weighted by Gasteiger charge is -2.23. The van der Waals surface area contributed by atoms with Gasteiger partial charge in [0.1, 0.15) is 11.9 Å². The van der Waals surface area contributed by atoms with Gasteiger partial charge in [0.05, 0.1) is 23.2 Å². The lowest BCUT2D eigenvalue weighted by molar-refractivity contribution is -0.150. The maximum Gasteiger partial charge on any atom is 0.309 e. The first kappa shape index (κ1) is 22.5. The van der Waals surface area contributed by atoms with Crippen molar-refractivity contribution >= 4 is 29.2 Å². The van der Waals surface area contributed by atoms with Crippen molar-refractivity contribution in [2.75, 3.05) is 0 Å². The van der Waals surface area contributed by atoms with Gasteiger partial charge in [-0.25, -0.2) is 4.98 Å². The predicted octanol–water partition coefficient (Wildman–Crippen LogP) is 4.49. The Bertz CT molecular complexity index is 737. The summed E-state index contributed by atoms with van der Waals surface area (Å²) in [6, 6.07) is 0. The number of hydrogen-bond acceptors (Lipinski definition) is 6. The molecule has 0 aliphatic carbocycles. The van der Waals surface area contributed by atoms with Crippen LogP contribution < -0.4 is 0 Å². The van der Waals surface area contributed by atoms with Crippen molar-refractivity contribution in [3.63, 3.8) is 0 Å². The van der Waals surface area contributed by atoms with Crippen molar-refractivity contribution in [1.82, 2.24) is 4.98 Å². The second-order valence-corrected chi connectivity index (χ2v) is 8.72. The zero-order valence-electron chi connectivity index (χ0n) is 17.2. The van der Waals surface area contributed by atoms with Crippen LogP contribution in [0.5, 0.6) is 0 Å². The SMILES string of the molecule is C/C(=C\c1csc(C)n1)[C@@H]1C/C=C\CCC[C@H](C)C(=O)[C@H](C)[C@@H](O)CC(=O)O1. The number of rotatable bonds is 2. The van der Waals surface area contributed by atoms with Crippen LogP contribution in [0.3, 0.4) is 0 Å². The van der Waals surface area contributed by atoms with Gasteiger partial charge in [-0.1, -0.05) is 26.0 Å². The highest BCUT2D eigenvalue weighted by atomic mass is 32.1. The van der Waals surface area contributed by atoms with Crippen LogP contribution in [0.15, 0.2) is 23.1 Å². The van der Waals surface area contributed by atoms with E-state index in [4.69, 9.17) is 4.74 Å². The number of thiazole rings is 1. The van der Waals surface area contributed by atoms with Crippen molar-refractivity contribution in [2.45, 2.75) is 72.0 Å². The summed E-state index contributed by atoms with van der Waals surface area (Å²) in [6.07, 6.45) is 7.60. The van der Waals surface area contributed by atoms with E-state index in [0.29, 0.717) is 6.42 Å². The van der Waals surface area contributed by atoms with E-state index >= 15 is 0 Å². The summed E-state index contributed by atoms with van der Waals surface area (Å²) in [6.45, 7) is 7.46. The summed E-state index contributed by atoms with van der Waals surface area (Å²) in [5.41, 5.74) is 1.76. The van der Waals surface area contributed by atoms with Crippen molar-refractivity contribution in [1.29, 1.82) is 0 Å². The third-order valence-corrected chi connectivity index (χ3v) is 6.00. The van der Waals surface area contributed by atoms with Gasteiger partial charge >= 0.3 is 5.97 Å². The van der Waals surface area contributed by atoms with Crippen LogP contribution in [0.1, 0.15) is 63.6 Å². The highest BCUT2D eigenvalue weighted by Gasteiger charge is 2.29. The highest BCUT2D eigenvalue weighted by molar-refractivity contribution is 7.09. The molecule has 1 aromatic heterocycles. The monoisotopic (exact) mass is 405 g/mol. The fourth-order valence-corrected chi connectivity index (χ4v) is 3.88. The summed E-state index contributed by atoms with van der Waals surface area (Å²) in [5.74, 6) is -1.17. The van der Waals surface area contributed by atoms with Crippen LogP contribution in [-0.4, -0.2) is 34.1 Å². The number of hydrogen-bond donors (Lipinski definition) is 1. The number of aliphatic hydroxyl groups is 1. The Morgan fingerprint density at radius 3 is 2.75 bits per heavy atom. The molecule has 2 rings (SSSR count). The molecule has 2 heterocycles. The normalized spacial score (nSPS) is 29.8. The average molecular weight is 406 g/mol. The third-order valence-electron chi connectivity index (χ3n) is 5.21. The number of ether oxygens (including phenoxy) is 1. The van der Waals surface area contributed by atoms with Crippen molar-refractivity contribution in [3.05, 3.63) is 33.8 Å². The van der Waals surface area contributed by atoms with Gasteiger partial charge in [-0.15, -0.1) is 11.3 Å². The Labute approximate surface area is 171 Å². The lowest BCUT2D eigenvalue weighted by Crippen LogP contribution is -2.33.